The van der Waals surface area contributed by atoms with Crippen LogP contribution in [0.2, 0.25) is 5.02 Å². The Morgan fingerprint density at radius 2 is 2.29 bits per heavy atom. The van der Waals surface area contributed by atoms with Gasteiger partial charge in [-0.05, 0) is 25.1 Å². The van der Waals surface area contributed by atoms with Gasteiger partial charge >= 0.3 is 5.69 Å². The van der Waals surface area contributed by atoms with E-state index in [9.17, 15) is 20.0 Å². The van der Waals surface area contributed by atoms with Crippen LogP contribution >= 0.6 is 11.6 Å². The second-order valence-electron chi connectivity index (χ2n) is 4.26. The number of halogens is 1. The molecule has 1 heterocycles. The van der Waals surface area contributed by atoms with Crippen molar-refractivity contribution in [2.24, 2.45) is 0 Å². The number of phenols is 1. The van der Waals surface area contributed by atoms with Gasteiger partial charge in [-0.15, -0.1) is 0 Å². The number of hydrogen-bond donors (Lipinski definition) is 2. The van der Waals surface area contributed by atoms with Crippen LogP contribution in [0.25, 0.3) is 0 Å². The Bertz CT molecular complexity index is 700. The largest absolute Gasteiger partial charge is 0.506 e. The van der Waals surface area contributed by atoms with Crippen LogP contribution in [0.15, 0.2) is 30.6 Å². The molecule has 2 aromatic rings. The lowest BCUT2D eigenvalue weighted by Gasteiger charge is -2.13. The van der Waals surface area contributed by atoms with Gasteiger partial charge in [0.2, 0.25) is 5.91 Å². The van der Waals surface area contributed by atoms with E-state index in [-0.39, 0.29) is 17.1 Å². The quantitative estimate of drug-likeness (QED) is 0.511. The van der Waals surface area contributed by atoms with E-state index in [1.54, 1.807) is 0 Å². The number of hydrogen-bond acceptors (Lipinski definition) is 5. The monoisotopic (exact) mass is 310 g/mol. The van der Waals surface area contributed by atoms with Crippen molar-refractivity contribution in [2.45, 2.75) is 13.0 Å². The molecule has 0 bridgehead atoms. The summed E-state index contributed by atoms with van der Waals surface area (Å²) in [5, 5.41) is 26.8. The van der Waals surface area contributed by atoms with Crippen LogP contribution in [-0.2, 0) is 4.79 Å². The van der Waals surface area contributed by atoms with E-state index in [2.05, 4.69) is 10.4 Å². The summed E-state index contributed by atoms with van der Waals surface area (Å²) in [6.45, 7) is 1.52. The van der Waals surface area contributed by atoms with Crippen LogP contribution in [0.1, 0.15) is 13.0 Å². The zero-order valence-electron chi connectivity index (χ0n) is 10.9. The van der Waals surface area contributed by atoms with Gasteiger partial charge in [-0.3, -0.25) is 19.6 Å². The van der Waals surface area contributed by atoms with E-state index in [4.69, 9.17) is 11.6 Å². The van der Waals surface area contributed by atoms with Crippen molar-refractivity contribution < 1.29 is 14.8 Å². The molecule has 21 heavy (non-hydrogen) atoms. The molecule has 1 amide bonds. The number of benzene rings is 1. The molecule has 8 nitrogen and oxygen atoms in total. The number of anilines is 1. The smallest absolute Gasteiger partial charge is 0.307 e. The van der Waals surface area contributed by atoms with E-state index >= 15 is 0 Å². The van der Waals surface area contributed by atoms with Crippen molar-refractivity contribution in [2.75, 3.05) is 5.32 Å². The summed E-state index contributed by atoms with van der Waals surface area (Å²) in [7, 11) is 0. The van der Waals surface area contributed by atoms with Crippen LogP contribution < -0.4 is 5.32 Å². The first kappa shape index (κ1) is 14.8. The topological polar surface area (TPSA) is 110 Å². The molecular formula is C12H11ClN4O4. The Morgan fingerprint density at radius 1 is 1.57 bits per heavy atom. The molecule has 1 unspecified atom stereocenters. The summed E-state index contributed by atoms with van der Waals surface area (Å²) in [4.78, 5) is 22.0. The third kappa shape index (κ3) is 3.29. The van der Waals surface area contributed by atoms with E-state index in [1.807, 2.05) is 0 Å². The molecule has 0 radical (unpaired) electrons. The molecule has 0 aliphatic carbocycles. The van der Waals surface area contributed by atoms with Gasteiger partial charge in [0, 0.05) is 5.02 Å². The summed E-state index contributed by atoms with van der Waals surface area (Å²) in [5.74, 6) is -0.628. The highest BCUT2D eigenvalue weighted by atomic mass is 35.5. The predicted octanol–water partition coefficient (Wildman–Crippen LogP) is 2.35. The van der Waals surface area contributed by atoms with Gasteiger partial charge in [-0.1, -0.05) is 11.6 Å². The number of nitro groups is 1. The third-order valence-corrected chi connectivity index (χ3v) is 3.03. The van der Waals surface area contributed by atoms with Crippen molar-refractivity contribution in [3.05, 3.63) is 45.7 Å². The fraction of sp³-hybridized carbons (Fsp3) is 0.167. The van der Waals surface area contributed by atoms with Gasteiger partial charge in [0.15, 0.2) is 0 Å². The third-order valence-electron chi connectivity index (χ3n) is 2.79. The number of phenolic OH excluding ortho intramolecular Hbond substituents is 1. The molecule has 2 N–H and O–H groups in total. The Morgan fingerprint density at radius 3 is 2.90 bits per heavy atom. The number of nitrogens with zero attached hydrogens (tertiary/aromatic N) is 3. The first-order valence-electron chi connectivity index (χ1n) is 5.86. The van der Waals surface area contributed by atoms with E-state index < -0.39 is 16.9 Å². The number of aromatic hydroxyl groups is 1. The summed E-state index contributed by atoms with van der Waals surface area (Å²) in [6, 6.07) is 3.43. The van der Waals surface area contributed by atoms with Crippen molar-refractivity contribution >= 4 is 28.9 Å². The maximum Gasteiger partial charge on any atom is 0.307 e. The minimum absolute atomic E-state index is 0.133. The number of rotatable bonds is 4. The van der Waals surface area contributed by atoms with E-state index in [0.717, 1.165) is 17.1 Å². The summed E-state index contributed by atoms with van der Waals surface area (Å²) >= 11 is 5.78. The van der Waals surface area contributed by atoms with E-state index in [1.165, 1.54) is 25.1 Å². The highest BCUT2D eigenvalue weighted by molar-refractivity contribution is 6.31. The molecule has 9 heteroatoms. The van der Waals surface area contributed by atoms with Crippen molar-refractivity contribution in [3.63, 3.8) is 0 Å². The first-order chi connectivity index (χ1) is 9.88. The predicted molar refractivity (Wildman–Crippen MR) is 75.3 cm³/mol. The molecule has 0 saturated carbocycles. The lowest BCUT2D eigenvalue weighted by atomic mass is 10.2. The van der Waals surface area contributed by atoms with Crippen LogP contribution in [0, 0.1) is 10.1 Å². The average Bonchev–Trinajstić information content (AvgIpc) is 2.91. The molecule has 0 aliphatic heterocycles. The van der Waals surface area contributed by atoms with Crippen molar-refractivity contribution in [1.82, 2.24) is 9.78 Å². The van der Waals surface area contributed by atoms with Gasteiger partial charge in [-0.25, -0.2) is 0 Å². The van der Waals surface area contributed by atoms with Gasteiger partial charge in [-0.2, -0.15) is 5.10 Å². The minimum Gasteiger partial charge on any atom is -0.506 e. The van der Waals surface area contributed by atoms with Crippen LogP contribution in [0.4, 0.5) is 11.4 Å². The van der Waals surface area contributed by atoms with Crippen molar-refractivity contribution in [3.8, 4) is 5.75 Å². The second kappa shape index (κ2) is 5.80. The number of carbonyl (C=O) groups excluding carboxylic acids is 1. The van der Waals surface area contributed by atoms with Crippen molar-refractivity contribution in [1.29, 1.82) is 0 Å². The Labute approximate surface area is 124 Å². The SMILES string of the molecule is CC(C(=O)Nc1cc(Cl)ccc1O)n1cc([N+](=O)[O-])cn1. The number of amides is 1. The summed E-state index contributed by atoms with van der Waals surface area (Å²) in [6.07, 6.45) is 2.21. The Balaban J connectivity index is 2.15. The van der Waals surface area contributed by atoms with Gasteiger partial charge in [0.05, 0.1) is 10.6 Å². The zero-order chi connectivity index (χ0) is 15.6. The first-order valence-corrected chi connectivity index (χ1v) is 6.24. The summed E-state index contributed by atoms with van der Waals surface area (Å²) in [5.41, 5.74) is -0.0544. The molecule has 1 aromatic heterocycles. The molecule has 2 rings (SSSR count). The number of aromatic nitrogens is 2. The second-order valence-corrected chi connectivity index (χ2v) is 4.70. The summed E-state index contributed by atoms with van der Waals surface area (Å²) < 4.78 is 1.16. The zero-order valence-corrected chi connectivity index (χ0v) is 11.6. The molecule has 110 valence electrons. The maximum absolute atomic E-state index is 12.1. The van der Waals surface area contributed by atoms with Crippen LogP contribution in [0.5, 0.6) is 5.75 Å². The molecule has 0 aliphatic rings. The Kier molecular flexibility index (Phi) is 4.08. The molecular weight excluding hydrogens is 300 g/mol. The van der Waals surface area contributed by atoms with E-state index in [0.29, 0.717) is 5.02 Å². The molecule has 1 aromatic carbocycles. The number of nitrogens with one attached hydrogen (secondary N) is 1. The van der Waals surface area contributed by atoms with Crippen LogP contribution in [-0.4, -0.2) is 25.7 Å². The lowest BCUT2D eigenvalue weighted by molar-refractivity contribution is -0.385. The average molecular weight is 311 g/mol. The number of carbonyl (C=O) groups is 1. The fourth-order valence-corrected chi connectivity index (χ4v) is 1.77. The Hall–Kier alpha value is -2.61. The molecule has 0 spiro atoms. The fourth-order valence-electron chi connectivity index (χ4n) is 1.60. The normalized spacial score (nSPS) is 11.9. The maximum atomic E-state index is 12.1. The van der Waals surface area contributed by atoms with Gasteiger partial charge in [0.1, 0.15) is 24.2 Å². The highest BCUT2D eigenvalue weighted by Crippen LogP contribution is 2.27. The highest BCUT2D eigenvalue weighted by Gasteiger charge is 2.20. The molecule has 0 saturated heterocycles. The van der Waals surface area contributed by atoms with Gasteiger partial charge < -0.3 is 10.4 Å². The van der Waals surface area contributed by atoms with Crippen LogP contribution in [0.3, 0.4) is 0 Å². The minimum atomic E-state index is -0.794. The molecule has 1 atom stereocenters. The van der Waals surface area contributed by atoms with Gasteiger partial charge in [0.25, 0.3) is 0 Å². The molecule has 0 fully saturated rings. The lowest BCUT2D eigenvalue weighted by Crippen LogP contribution is -2.24. The standard InChI is InChI=1S/C12H11ClN4O4/c1-7(16-6-9(5-14-16)17(20)21)12(19)15-10-4-8(13)2-3-11(10)18/h2-7,18H,1H3,(H,15,19).